The van der Waals surface area contributed by atoms with Crippen molar-refractivity contribution in [1.82, 2.24) is 14.8 Å². The molecule has 3 aromatic rings. The van der Waals surface area contributed by atoms with Crippen LogP contribution in [0.1, 0.15) is 23.0 Å². The average Bonchev–Trinajstić information content (AvgIpc) is 3.07. The molecule has 0 saturated carbocycles. The molecule has 2 heterocycles. The second kappa shape index (κ2) is 7.32. The number of nitrogens with zero attached hydrogens (tertiary/aromatic N) is 3. The van der Waals surface area contributed by atoms with E-state index >= 15 is 0 Å². The summed E-state index contributed by atoms with van der Waals surface area (Å²) >= 11 is 0. The predicted molar refractivity (Wildman–Crippen MR) is 95.0 cm³/mol. The third-order valence-electron chi connectivity index (χ3n) is 3.39. The number of pyridine rings is 1. The first-order chi connectivity index (χ1) is 12.2. The fraction of sp³-hybridized carbons (Fsp3) is 0.105. The van der Waals surface area contributed by atoms with Crippen molar-refractivity contribution in [3.05, 3.63) is 66.1 Å². The van der Waals surface area contributed by atoms with Crippen molar-refractivity contribution in [3.63, 3.8) is 0 Å². The number of carbonyl (C=O) groups excluding carboxylic acids is 1. The summed E-state index contributed by atoms with van der Waals surface area (Å²) < 4.78 is 6.67. The Hall–Kier alpha value is -3.59. The lowest BCUT2D eigenvalue weighted by Gasteiger charge is -2.04. The lowest BCUT2D eigenvalue weighted by atomic mass is 10.2. The molecule has 0 atom stereocenters. The molecule has 0 aliphatic heterocycles. The maximum atomic E-state index is 12.2. The minimum Gasteiger partial charge on any atom is -0.461 e. The fourth-order valence-corrected chi connectivity index (χ4v) is 2.26. The molecule has 0 amide bonds. The zero-order chi connectivity index (χ0) is 17.6. The zero-order valence-corrected chi connectivity index (χ0v) is 13.6. The van der Waals surface area contributed by atoms with E-state index in [1.54, 1.807) is 30.1 Å². The lowest BCUT2D eigenvalue weighted by molar-refractivity contribution is 0.0520. The number of benzene rings is 1. The van der Waals surface area contributed by atoms with E-state index in [0.717, 1.165) is 11.3 Å². The standard InChI is InChI=1S/C19H16N4O2/c1-3-14-8-7-9-15(12-14)23-13-16(18(22-23)19(24)25-4-2)21-17-10-5-6-11-20-17/h1,5-13H,4H2,2H3,(H,20,21). The first-order valence-corrected chi connectivity index (χ1v) is 7.73. The van der Waals surface area contributed by atoms with Crippen molar-refractivity contribution < 1.29 is 9.53 Å². The van der Waals surface area contributed by atoms with Crippen LogP contribution in [-0.4, -0.2) is 27.3 Å². The van der Waals surface area contributed by atoms with Crippen molar-refractivity contribution in [3.8, 4) is 18.0 Å². The highest BCUT2D eigenvalue weighted by atomic mass is 16.5. The van der Waals surface area contributed by atoms with Gasteiger partial charge in [0.05, 0.1) is 24.2 Å². The van der Waals surface area contributed by atoms with Crippen LogP contribution in [-0.2, 0) is 4.74 Å². The molecular weight excluding hydrogens is 316 g/mol. The zero-order valence-electron chi connectivity index (χ0n) is 13.6. The van der Waals surface area contributed by atoms with Crippen LogP contribution in [0.4, 0.5) is 11.5 Å². The molecule has 0 aliphatic rings. The molecule has 0 saturated heterocycles. The number of rotatable bonds is 5. The second-order valence-corrected chi connectivity index (χ2v) is 5.09. The number of terminal acetylenes is 1. The van der Waals surface area contributed by atoms with Crippen LogP contribution in [0.25, 0.3) is 5.69 Å². The van der Waals surface area contributed by atoms with Gasteiger partial charge in [-0.2, -0.15) is 5.10 Å². The number of hydrogen-bond acceptors (Lipinski definition) is 5. The topological polar surface area (TPSA) is 69.0 Å². The van der Waals surface area contributed by atoms with E-state index in [2.05, 4.69) is 21.3 Å². The van der Waals surface area contributed by atoms with Gasteiger partial charge in [0.25, 0.3) is 0 Å². The summed E-state index contributed by atoms with van der Waals surface area (Å²) in [7, 11) is 0. The van der Waals surface area contributed by atoms with Gasteiger partial charge in [0.1, 0.15) is 5.82 Å². The number of esters is 1. The van der Waals surface area contributed by atoms with Crippen molar-refractivity contribution in [2.75, 3.05) is 11.9 Å². The van der Waals surface area contributed by atoms with E-state index in [0.29, 0.717) is 11.5 Å². The quantitative estimate of drug-likeness (QED) is 0.574. The summed E-state index contributed by atoms with van der Waals surface area (Å²) in [6.07, 6.45) is 8.81. The smallest absolute Gasteiger partial charge is 0.361 e. The fourth-order valence-electron chi connectivity index (χ4n) is 2.26. The Morgan fingerprint density at radius 3 is 2.92 bits per heavy atom. The number of nitrogens with one attached hydrogen (secondary N) is 1. The Labute approximate surface area is 145 Å². The van der Waals surface area contributed by atoms with Crippen LogP contribution >= 0.6 is 0 Å². The molecule has 2 aromatic heterocycles. The van der Waals surface area contributed by atoms with E-state index in [-0.39, 0.29) is 12.3 Å². The van der Waals surface area contributed by atoms with E-state index in [4.69, 9.17) is 11.2 Å². The van der Waals surface area contributed by atoms with Crippen LogP contribution in [0, 0.1) is 12.3 Å². The maximum Gasteiger partial charge on any atom is 0.361 e. The second-order valence-electron chi connectivity index (χ2n) is 5.09. The summed E-state index contributed by atoms with van der Waals surface area (Å²) in [6, 6.07) is 12.8. The van der Waals surface area contributed by atoms with Gasteiger partial charge < -0.3 is 10.1 Å². The molecule has 0 unspecified atom stereocenters. The summed E-state index contributed by atoms with van der Waals surface area (Å²) in [4.78, 5) is 16.4. The third kappa shape index (κ3) is 3.67. The first-order valence-electron chi connectivity index (χ1n) is 7.73. The summed E-state index contributed by atoms with van der Waals surface area (Å²) in [5.74, 6) is 2.68. The number of carbonyl (C=O) groups is 1. The van der Waals surface area contributed by atoms with Gasteiger partial charge >= 0.3 is 5.97 Å². The predicted octanol–water partition coefficient (Wildman–Crippen LogP) is 3.17. The molecule has 0 spiro atoms. The molecule has 0 radical (unpaired) electrons. The molecule has 1 N–H and O–H groups in total. The number of aromatic nitrogens is 3. The van der Waals surface area contributed by atoms with Crippen molar-refractivity contribution in [1.29, 1.82) is 0 Å². The highest BCUT2D eigenvalue weighted by Gasteiger charge is 2.19. The van der Waals surface area contributed by atoms with Gasteiger partial charge in [-0.1, -0.05) is 18.1 Å². The van der Waals surface area contributed by atoms with Gasteiger partial charge in [0, 0.05) is 11.8 Å². The highest BCUT2D eigenvalue weighted by Crippen LogP contribution is 2.22. The van der Waals surface area contributed by atoms with Crippen LogP contribution < -0.4 is 5.32 Å². The summed E-state index contributed by atoms with van der Waals surface area (Å²) in [5.41, 5.74) is 2.15. The highest BCUT2D eigenvalue weighted by molar-refractivity contribution is 5.94. The molecule has 6 nitrogen and oxygen atoms in total. The first kappa shape index (κ1) is 16.3. The Bertz CT molecular complexity index is 926. The molecule has 3 rings (SSSR count). The molecule has 0 aliphatic carbocycles. The van der Waals surface area contributed by atoms with Gasteiger partial charge in [-0.3, -0.25) is 0 Å². The van der Waals surface area contributed by atoms with E-state index in [1.165, 1.54) is 0 Å². The van der Waals surface area contributed by atoms with Gasteiger partial charge in [-0.05, 0) is 37.3 Å². The molecular formula is C19H16N4O2. The van der Waals surface area contributed by atoms with E-state index < -0.39 is 5.97 Å². The van der Waals surface area contributed by atoms with Gasteiger partial charge in [0.15, 0.2) is 5.69 Å². The number of ether oxygens (including phenoxy) is 1. The van der Waals surface area contributed by atoms with Crippen LogP contribution in [0.2, 0.25) is 0 Å². The Morgan fingerprint density at radius 1 is 1.32 bits per heavy atom. The summed E-state index contributed by atoms with van der Waals surface area (Å²) in [6.45, 7) is 2.01. The molecule has 25 heavy (non-hydrogen) atoms. The largest absolute Gasteiger partial charge is 0.461 e. The monoisotopic (exact) mass is 332 g/mol. The minimum absolute atomic E-state index is 0.179. The Kier molecular flexibility index (Phi) is 4.77. The van der Waals surface area contributed by atoms with Crippen LogP contribution in [0.5, 0.6) is 0 Å². The maximum absolute atomic E-state index is 12.2. The van der Waals surface area contributed by atoms with E-state index in [1.807, 2.05) is 36.4 Å². The lowest BCUT2D eigenvalue weighted by Crippen LogP contribution is -2.08. The van der Waals surface area contributed by atoms with E-state index in [9.17, 15) is 4.79 Å². The molecule has 1 aromatic carbocycles. The molecule has 0 fully saturated rings. The minimum atomic E-state index is -0.507. The third-order valence-corrected chi connectivity index (χ3v) is 3.39. The molecule has 0 bridgehead atoms. The van der Waals surface area contributed by atoms with Crippen molar-refractivity contribution >= 4 is 17.5 Å². The SMILES string of the molecule is C#Cc1cccc(-n2cc(Nc3ccccn3)c(C(=O)OCC)n2)c1. The van der Waals surface area contributed by atoms with Gasteiger partial charge in [-0.25, -0.2) is 14.5 Å². The molecule has 6 heteroatoms. The van der Waals surface area contributed by atoms with Gasteiger partial charge in [-0.15, -0.1) is 6.42 Å². The van der Waals surface area contributed by atoms with Crippen LogP contribution in [0.3, 0.4) is 0 Å². The van der Waals surface area contributed by atoms with Crippen molar-refractivity contribution in [2.24, 2.45) is 0 Å². The normalized spacial score (nSPS) is 10.1. The van der Waals surface area contributed by atoms with Gasteiger partial charge in [0.2, 0.25) is 0 Å². The summed E-state index contributed by atoms with van der Waals surface area (Å²) in [5, 5.41) is 7.45. The number of anilines is 2. The number of hydrogen-bond donors (Lipinski definition) is 1. The Balaban J connectivity index is 2.02. The van der Waals surface area contributed by atoms with Crippen molar-refractivity contribution in [2.45, 2.75) is 6.92 Å². The Morgan fingerprint density at radius 2 is 2.20 bits per heavy atom. The van der Waals surface area contributed by atoms with Crippen LogP contribution in [0.15, 0.2) is 54.9 Å². The average molecular weight is 332 g/mol. The molecule has 124 valence electrons.